The van der Waals surface area contributed by atoms with E-state index in [4.69, 9.17) is 4.74 Å². The van der Waals surface area contributed by atoms with Gasteiger partial charge in [0.25, 0.3) is 11.7 Å². The van der Waals surface area contributed by atoms with Gasteiger partial charge in [0.2, 0.25) is 0 Å². The highest BCUT2D eigenvalue weighted by molar-refractivity contribution is 6.46. The van der Waals surface area contributed by atoms with E-state index in [1.165, 1.54) is 17.0 Å². The number of aliphatic hydroxyl groups is 1. The van der Waals surface area contributed by atoms with Gasteiger partial charge >= 0.3 is 0 Å². The molecule has 0 saturated carbocycles. The standard InChI is InChI=1S/C27H34N2O5/c1-7-34-21-12-11-18(16-20(21)27(2,3)4)24(31)22-23(17-9-8-10-19(30)15-17)29(14-13-28(5)6)26(33)25(22)32/h8-12,15-16,23,30-31H,7,13-14H2,1-6H3/b24-22-. The van der Waals surface area contributed by atoms with Gasteiger partial charge in [0.1, 0.15) is 17.3 Å². The molecule has 0 spiro atoms. The number of ether oxygens (including phenoxy) is 1. The van der Waals surface area contributed by atoms with E-state index in [0.717, 1.165) is 5.56 Å². The van der Waals surface area contributed by atoms with E-state index in [-0.39, 0.29) is 22.5 Å². The van der Waals surface area contributed by atoms with Gasteiger partial charge in [-0.3, -0.25) is 9.59 Å². The first-order valence-electron chi connectivity index (χ1n) is 11.5. The molecular weight excluding hydrogens is 432 g/mol. The number of nitrogens with zero attached hydrogens (tertiary/aromatic N) is 2. The van der Waals surface area contributed by atoms with Gasteiger partial charge in [0.15, 0.2) is 0 Å². The summed E-state index contributed by atoms with van der Waals surface area (Å²) in [4.78, 5) is 29.6. The quantitative estimate of drug-likeness (QED) is 0.363. The van der Waals surface area contributed by atoms with Gasteiger partial charge in [0.05, 0.1) is 18.2 Å². The van der Waals surface area contributed by atoms with Crippen LogP contribution in [0, 0.1) is 0 Å². The Labute approximate surface area is 201 Å². The topological polar surface area (TPSA) is 90.3 Å². The fourth-order valence-corrected chi connectivity index (χ4v) is 4.16. The Morgan fingerprint density at radius 3 is 2.41 bits per heavy atom. The van der Waals surface area contributed by atoms with Crippen LogP contribution < -0.4 is 4.74 Å². The van der Waals surface area contributed by atoms with Crippen molar-refractivity contribution in [1.29, 1.82) is 0 Å². The van der Waals surface area contributed by atoms with Crippen LogP contribution in [0.2, 0.25) is 0 Å². The average Bonchev–Trinajstić information content (AvgIpc) is 3.01. The largest absolute Gasteiger partial charge is 0.508 e. The van der Waals surface area contributed by atoms with E-state index in [2.05, 4.69) is 0 Å². The molecule has 0 radical (unpaired) electrons. The maximum absolute atomic E-state index is 13.2. The van der Waals surface area contributed by atoms with Gasteiger partial charge in [0, 0.05) is 24.2 Å². The van der Waals surface area contributed by atoms with Crippen molar-refractivity contribution in [3.8, 4) is 11.5 Å². The molecule has 182 valence electrons. The molecule has 1 aliphatic heterocycles. The number of likely N-dealkylation sites (tertiary alicyclic amines) is 1. The lowest BCUT2D eigenvalue weighted by Gasteiger charge is -2.27. The summed E-state index contributed by atoms with van der Waals surface area (Å²) in [6, 6.07) is 10.9. The van der Waals surface area contributed by atoms with Crippen LogP contribution in [-0.2, 0) is 15.0 Å². The molecule has 2 N–H and O–H groups in total. The van der Waals surface area contributed by atoms with Gasteiger partial charge in [-0.2, -0.15) is 0 Å². The summed E-state index contributed by atoms with van der Waals surface area (Å²) in [5, 5.41) is 21.5. The highest BCUT2D eigenvalue weighted by atomic mass is 16.5. The van der Waals surface area contributed by atoms with Crippen LogP contribution in [0.4, 0.5) is 0 Å². The van der Waals surface area contributed by atoms with Crippen molar-refractivity contribution in [3.05, 3.63) is 64.7 Å². The second-order valence-corrected chi connectivity index (χ2v) is 9.78. The molecule has 1 unspecified atom stereocenters. The van der Waals surface area contributed by atoms with Gasteiger partial charge in [-0.05, 0) is 62.3 Å². The number of carbonyl (C=O) groups excluding carboxylic acids is 2. The Balaban J connectivity index is 2.20. The normalized spacial score (nSPS) is 18.1. The Morgan fingerprint density at radius 2 is 1.82 bits per heavy atom. The third kappa shape index (κ3) is 5.09. The van der Waals surface area contributed by atoms with Crippen molar-refractivity contribution >= 4 is 17.4 Å². The summed E-state index contributed by atoms with van der Waals surface area (Å²) in [5.74, 6) is -0.920. The fraction of sp³-hybridized carbons (Fsp3) is 0.407. The zero-order valence-electron chi connectivity index (χ0n) is 20.8. The minimum absolute atomic E-state index is 0.0124. The number of rotatable bonds is 7. The van der Waals surface area contributed by atoms with Crippen LogP contribution in [0.25, 0.3) is 5.76 Å². The number of benzene rings is 2. The van der Waals surface area contributed by atoms with Crippen molar-refractivity contribution in [2.75, 3.05) is 33.8 Å². The number of phenolic OH excluding ortho intramolecular Hbond substituents is 1. The molecular formula is C27H34N2O5. The second kappa shape index (κ2) is 9.89. The Kier molecular flexibility index (Phi) is 7.36. The number of aliphatic hydroxyl groups excluding tert-OH is 1. The molecule has 3 rings (SSSR count). The summed E-state index contributed by atoms with van der Waals surface area (Å²) in [7, 11) is 3.77. The number of likely N-dealkylation sites (N-methyl/N-ethyl adjacent to an activating group) is 1. The van der Waals surface area contributed by atoms with Gasteiger partial charge in [-0.15, -0.1) is 0 Å². The summed E-state index contributed by atoms with van der Waals surface area (Å²) >= 11 is 0. The molecule has 0 aliphatic carbocycles. The molecule has 2 aromatic rings. The number of hydrogen-bond acceptors (Lipinski definition) is 6. The third-order valence-corrected chi connectivity index (χ3v) is 5.87. The SMILES string of the molecule is CCOc1ccc(/C(O)=C2/C(=O)C(=O)N(CCN(C)C)C2c2cccc(O)c2)cc1C(C)(C)C. The summed E-state index contributed by atoms with van der Waals surface area (Å²) < 4.78 is 5.78. The Morgan fingerprint density at radius 1 is 1.12 bits per heavy atom. The lowest BCUT2D eigenvalue weighted by Crippen LogP contribution is -2.35. The molecule has 34 heavy (non-hydrogen) atoms. The zero-order chi connectivity index (χ0) is 25.2. The van der Waals surface area contributed by atoms with Crippen molar-refractivity contribution in [3.63, 3.8) is 0 Å². The molecule has 7 heteroatoms. The van der Waals surface area contributed by atoms with E-state index < -0.39 is 17.7 Å². The Hall–Kier alpha value is -3.32. The van der Waals surface area contributed by atoms with Crippen molar-refractivity contribution < 1.29 is 24.5 Å². The molecule has 0 aromatic heterocycles. The minimum Gasteiger partial charge on any atom is -0.508 e. The first kappa shape index (κ1) is 25.3. The van der Waals surface area contributed by atoms with E-state index >= 15 is 0 Å². The molecule has 2 aromatic carbocycles. The summed E-state index contributed by atoms with van der Waals surface area (Å²) in [6.07, 6.45) is 0. The van der Waals surface area contributed by atoms with E-state index in [9.17, 15) is 19.8 Å². The highest BCUT2D eigenvalue weighted by Crippen LogP contribution is 2.41. The lowest BCUT2D eigenvalue weighted by molar-refractivity contribution is -0.140. The van der Waals surface area contributed by atoms with Crippen molar-refractivity contribution in [2.24, 2.45) is 0 Å². The maximum atomic E-state index is 13.2. The highest BCUT2D eigenvalue weighted by Gasteiger charge is 2.46. The number of Topliss-reactive ketones (excluding diaryl/α,β-unsaturated/α-hetero) is 1. The molecule has 1 heterocycles. The first-order chi connectivity index (χ1) is 16.0. The van der Waals surface area contributed by atoms with Crippen LogP contribution in [0.1, 0.15) is 50.4 Å². The predicted octanol–water partition coefficient (Wildman–Crippen LogP) is 4.07. The predicted molar refractivity (Wildman–Crippen MR) is 132 cm³/mol. The lowest BCUT2D eigenvalue weighted by atomic mass is 9.84. The average molecular weight is 467 g/mol. The van der Waals surface area contributed by atoms with E-state index in [0.29, 0.717) is 36.6 Å². The van der Waals surface area contributed by atoms with Gasteiger partial charge in [-0.25, -0.2) is 0 Å². The summed E-state index contributed by atoms with van der Waals surface area (Å²) in [5.41, 5.74) is 1.61. The number of amides is 1. The monoisotopic (exact) mass is 466 g/mol. The zero-order valence-corrected chi connectivity index (χ0v) is 20.8. The summed E-state index contributed by atoms with van der Waals surface area (Å²) in [6.45, 7) is 9.38. The maximum Gasteiger partial charge on any atom is 0.295 e. The molecule has 1 fully saturated rings. The van der Waals surface area contributed by atoms with Gasteiger partial charge < -0.3 is 24.7 Å². The number of phenols is 1. The third-order valence-electron chi connectivity index (χ3n) is 5.87. The number of carbonyl (C=O) groups is 2. The molecule has 1 saturated heterocycles. The smallest absolute Gasteiger partial charge is 0.295 e. The van der Waals surface area contributed by atoms with E-state index in [1.54, 1.807) is 24.3 Å². The first-order valence-corrected chi connectivity index (χ1v) is 11.5. The molecule has 1 aliphatic rings. The van der Waals surface area contributed by atoms with Gasteiger partial charge in [-0.1, -0.05) is 32.9 Å². The number of hydrogen-bond donors (Lipinski definition) is 2. The van der Waals surface area contributed by atoms with Crippen LogP contribution in [-0.4, -0.2) is 65.5 Å². The molecule has 7 nitrogen and oxygen atoms in total. The van der Waals surface area contributed by atoms with Crippen LogP contribution in [0.5, 0.6) is 11.5 Å². The minimum atomic E-state index is -0.809. The fourth-order valence-electron chi connectivity index (χ4n) is 4.16. The number of aromatic hydroxyl groups is 1. The number of ketones is 1. The van der Waals surface area contributed by atoms with Crippen LogP contribution >= 0.6 is 0 Å². The van der Waals surface area contributed by atoms with Crippen LogP contribution in [0.3, 0.4) is 0 Å². The molecule has 1 amide bonds. The second-order valence-electron chi connectivity index (χ2n) is 9.78. The molecule has 1 atom stereocenters. The van der Waals surface area contributed by atoms with Crippen LogP contribution in [0.15, 0.2) is 48.0 Å². The molecule has 0 bridgehead atoms. The van der Waals surface area contributed by atoms with E-state index in [1.807, 2.05) is 52.8 Å². The Bertz CT molecular complexity index is 1110. The van der Waals surface area contributed by atoms with Crippen molar-refractivity contribution in [1.82, 2.24) is 9.80 Å². The van der Waals surface area contributed by atoms with Crippen molar-refractivity contribution in [2.45, 2.75) is 39.2 Å².